The van der Waals surface area contributed by atoms with Gasteiger partial charge in [0, 0.05) is 16.7 Å². The van der Waals surface area contributed by atoms with Gasteiger partial charge in [0.05, 0.1) is 0 Å². The average molecular weight is 394 g/mol. The highest BCUT2D eigenvalue weighted by atomic mass is 19.1. The molecule has 0 saturated carbocycles. The van der Waals surface area contributed by atoms with Crippen LogP contribution in [0.2, 0.25) is 0 Å². The van der Waals surface area contributed by atoms with Gasteiger partial charge in [-0.1, -0.05) is 78.9 Å². The molecule has 0 fully saturated rings. The molecule has 1 N–H and O–H groups in total. The molecule has 0 aliphatic heterocycles. The van der Waals surface area contributed by atoms with Crippen LogP contribution in [0, 0.1) is 5.82 Å². The van der Waals surface area contributed by atoms with Crippen molar-refractivity contribution in [3.05, 3.63) is 108 Å². The molecule has 0 amide bonds. The molecule has 30 heavy (non-hydrogen) atoms. The van der Waals surface area contributed by atoms with Gasteiger partial charge < -0.3 is 9.84 Å². The molecule has 0 aliphatic rings. The molecule has 0 spiro atoms. The van der Waals surface area contributed by atoms with Crippen molar-refractivity contribution in [2.75, 3.05) is 0 Å². The molecule has 0 bridgehead atoms. The lowest BCUT2D eigenvalue weighted by Gasteiger charge is -2.17. The van der Waals surface area contributed by atoms with Gasteiger partial charge >= 0.3 is 0 Å². The first-order valence-electron chi connectivity index (χ1n) is 9.81. The Morgan fingerprint density at radius 1 is 0.633 bits per heavy atom. The van der Waals surface area contributed by atoms with Gasteiger partial charge in [-0.3, -0.25) is 0 Å². The van der Waals surface area contributed by atoms with E-state index in [2.05, 4.69) is 0 Å². The lowest BCUT2D eigenvalue weighted by Crippen LogP contribution is -2.00. The number of hydrogen-bond acceptors (Lipinski definition) is 2. The van der Waals surface area contributed by atoms with Crippen LogP contribution in [0.15, 0.2) is 97.1 Å². The standard InChI is InChI=1S/C27H19FO2/c28-23-12-6-3-9-20(23)17-30-25-16-14-19-8-2-5-11-22(19)27(25)26-21-10-4-1-7-18(21)13-15-24(26)29/h1-16,29H,17H2. The van der Waals surface area contributed by atoms with Crippen molar-refractivity contribution in [2.45, 2.75) is 6.61 Å². The van der Waals surface area contributed by atoms with Gasteiger partial charge in [0.15, 0.2) is 0 Å². The van der Waals surface area contributed by atoms with Crippen LogP contribution in [0.1, 0.15) is 5.56 Å². The van der Waals surface area contributed by atoms with Crippen LogP contribution in [0.5, 0.6) is 11.5 Å². The second-order valence-electron chi connectivity index (χ2n) is 7.22. The molecule has 5 aromatic carbocycles. The van der Waals surface area contributed by atoms with E-state index in [0.717, 1.165) is 27.1 Å². The second-order valence-corrected chi connectivity index (χ2v) is 7.22. The zero-order valence-electron chi connectivity index (χ0n) is 16.2. The summed E-state index contributed by atoms with van der Waals surface area (Å²) in [4.78, 5) is 0. The van der Waals surface area contributed by atoms with Crippen molar-refractivity contribution in [3.8, 4) is 22.6 Å². The van der Waals surface area contributed by atoms with Crippen molar-refractivity contribution >= 4 is 21.5 Å². The summed E-state index contributed by atoms with van der Waals surface area (Å²) in [6.45, 7) is 0.101. The fourth-order valence-electron chi connectivity index (χ4n) is 3.92. The van der Waals surface area contributed by atoms with Crippen LogP contribution in [0.25, 0.3) is 32.7 Å². The van der Waals surface area contributed by atoms with Gasteiger partial charge in [0.1, 0.15) is 23.9 Å². The molecule has 3 heteroatoms. The van der Waals surface area contributed by atoms with Crippen molar-refractivity contribution in [1.82, 2.24) is 0 Å². The van der Waals surface area contributed by atoms with Crippen LogP contribution in [-0.4, -0.2) is 5.11 Å². The molecule has 5 rings (SSSR count). The Hall–Kier alpha value is -3.85. The minimum absolute atomic E-state index is 0.101. The highest BCUT2D eigenvalue weighted by Gasteiger charge is 2.18. The summed E-state index contributed by atoms with van der Waals surface area (Å²) in [5.74, 6) is 0.484. The van der Waals surface area contributed by atoms with E-state index in [-0.39, 0.29) is 18.2 Å². The van der Waals surface area contributed by atoms with E-state index in [1.807, 2.05) is 66.7 Å². The number of rotatable bonds is 4. The van der Waals surface area contributed by atoms with Crippen LogP contribution in [-0.2, 0) is 6.61 Å². The molecule has 5 aromatic rings. The molecule has 146 valence electrons. The van der Waals surface area contributed by atoms with E-state index in [9.17, 15) is 9.50 Å². The van der Waals surface area contributed by atoms with E-state index < -0.39 is 0 Å². The maximum atomic E-state index is 14.1. The Morgan fingerprint density at radius 2 is 1.23 bits per heavy atom. The highest BCUT2D eigenvalue weighted by Crippen LogP contribution is 2.45. The number of aromatic hydroxyl groups is 1. The zero-order valence-corrected chi connectivity index (χ0v) is 16.2. The van der Waals surface area contributed by atoms with Crippen molar-refractivity contribution in [1.29, 1.82) is 0 Å². The number of hydrogen-bond donors (Lipinski definition) is 1. The molecule has 0 radical (unpaired) electrons. The molecule has 0 heterocycles. The molecule has 0 unspecified atom stereocenters. The van der Waals surface area contributed by atoms with Gasteiger partial charge in [-0.2, -0.15) is 0 Å². The summed E-state index contributed by atoms with van der Waals surface area (Å²) in [7, 11) is 0. The largest absolute Gasteiger partial charge is 0.507 e. The Kier molecular flexibility index (Phi) is 4.56. The fourth-order valence-corrected chi connectivity index (χ4v) is 3.92. The Morgan fingerprint density at radius 3 is 1.97 bits per heavy atom. The van der Waals surface area contributed by atoms with E-state index >= 15 is 0 Å². The van der Waals surface area contributed by atoms with Gasteiger partial charge in [0.25, 0.3) is 0 Å². The predicted octanol–water partition coefficient (Wildman–Crippen LogP) is 7.08. The van der Waals surface area contributed by atoms with E-state index in [1.54, 1.807) is 24.3 Å². The zero-order chi connectivity index (χ0) is 20.5. The van der Waals surface area contributed by atoms with Crippen molar-refractivity contribution < 1.29 is 14.2 Å². The molecule has 0 saturated heterocycles. The van der Waals surface area contributed by atoms with Gasteiger partial charge in [-0.15, -0.1) is 0 Å². The number of phenolic OH excluding ortho intramolecular Hbond substituents is 1. The predicted molar refractivity (Wildman–Crippen MR) is 119 cm³/mol. The van der Waals surface area contributed by atoms with E-state index in [1.165, 1.54) is 6.07 Å². The third-order valence-corrected chi connectivity index (χ3v) is 5.39. The molecular weight excluding hydrogens is 375 g/mol. The van der Waals surface area contributed by atoms with Gasteiger partial charge in [-0.05, 0) is 39.7 Å². The molecule has 0 atom stereocenters. The number of halogens is 1. The average Bonchev–Trinajstić information content (AvgIpc) is 2.78. The van der Waals surface area contributed by atoms with Crippen LogP contribution >= 0.6 is 0 Å². The normalized spacial score (nSPS) is 11.1. The van der Waals surface area contributed by atoms with E-state index in [4.69, 9.17) is 4.74 Å². The first kappa shape index (κ1) is 18.2. The van der Waals surface area contributed by atoms with E-state index in [0.29, 0.717) is 16.9 Å². The maximum Gasteiger partial charge on any atom is 0.129 e. The quantitative estimate of drug-likeness (QED) is 0.353. The monoisotopic (exact) mass is 394 g/mol. The first-order chi connectivity index (χ1) is 14.7. The fraction of sp³-hybridized carbons (Fsp3) is 0.0370. The summed E-state index contributed by atoms with van der Waals surface area (Å²) in [5.41, 5.74) is 2.01. The summed E-state index contributed by atoms with van der Waals surface area (Å²) >= 11 is 0. The Bertz CT molecular complexity index is 1370. The molecule has 0 aliphatic carbocycles. The Balaban J connectivity index is 1.74. The summed E-state index contributed by atoms with van der Waals surface area (Å²) in [6, 6.07) is 30.0. The third-order valence-electron chi connectivity index (χ3n) is 5.39. The summed E-state index contributed by atoms with van der Waals surface area (Å²) in [5, 5.41) is 14.8. The molecular formula is C27H19FO2. The molecule has 0 aromatic heterocycles. The molecule has 2 nitrogen and oxygen atoms in total. The minimum atomic E-state index is -0.298. The van der Waals surface area contributed by atoms with Gasteiger partial charge in [0.2, 0.25) is 0 Å². The number of benzene rings is 5. The van der Waals surface area contributed by atoms with Gasteiger partial charge in [-0.25, -0.2) is 4.39 Å². The lowest BCUT2D eigenvalue weighted by molar-refractivity contribution is 0.301. The van der Waals surface area contributed by atoms with Crippen LogP contribution in [0.4, 0.5) is 4.39 Å². The smallest absolute Gasteiger partial charge is 0.129 e. The van der Waals surface area contributed by atoms with Crippen LogP contribution in [0.3, 0.4) is 0 Å². The second kappa shape index (κ2) is 7.53. The summed E-state index contributed by atoms with van der Waals surface area (Å²) in [6.07, 6.45) is 0. The number of ether oxygens (including phenoxy) is 1. The summed E-state index contributed by atoms with van der Waals surface area (Å²) < 4.78 is 20.2. The number of phenols is 1. The lowest BCUT2D eigenvalue weighted by atomic mass is 9.92. The SMILES string of the molecule is Oc1ccc2ccccc2c1-c1c(OCc2ccccc2F)ccc2ccccc12. The van der Waals surface area contributed by atoms with Crippen LogP contribution < -0.4 is 4.74 Å². The van der Waals surface area contributed by atoms with Crippen molar-refractivity contribution in [3.63, 3.8) is 0 Å². The minimum Gasteiger partial charge on any atom is -0.507 e. The Labute approximate surface area is 173 Å². The van der Waals surface area contributed by atoms with Crippen molar-refractivity contribution in [2.24, 2.45) is 0 Å². The third kappa shape index (κ3) is 3.15. The maximum absolute atomic E-state index is 14.1. The first-order valence-corrected chi connectivity index (χ1v) is 9.81. The number of fused-ring (bicyclic) bond motifs is 2. The highest BCUT2D eigenvalue weighted by molar-refractivity contribution is 6.09. The topological polar surface area (TPSA) is 29.5 Å².